The van der Waals surface area contributed by atoms with Crippen molar-refractivity contribution in [2.24, 2.45) is 4.99 Å². The number of hydrogen-bond donors (Lipinski definition) is 0. The SMILES string of the molecule is CCN(CC)C(=O)C(c1ccccc1)N1CCN(c2ccc(C3=NCCO3)cc2F)CC1. The summed E-state index contributed by atoms with van der Waals surface area (Å²) >= 11 is 0. The molecule has 0 aromatic heterocycles. The molecule has 1 amide bonds. The number of nitrogens with zero attached hydrogens (tertiary/aromatic N) is 4. The Labute approximate surface area is 189 Å². The minimum atomic E-state index is -0.317. The van der Waals surface area contributed by atoms with E-state index in [0.717, 1.165) is 5.56 Å². The Balaban J connectivity index is 1.49. The third-order valence-corrected chi connectivity index (χ3v) is 6.22. The number of carbonyl (C=O) groups is 1. The second-order valence-corrected chi connectivity index (χ2v) is 8.05. The summed E-state index contributed by atoms with van der Waals surface area (Å²) in [5, 5.41) is 0. The highest BCUT2D eigenvalue weighted by atomic mass is 19.1. The van der Waals surface area contributed by atoms with Crippen molar-refractivity contribution in [1.82, 2.24) is 9.80 Å². The number of benzene rings is 2. The average molecular weight is 439 g/mol. The summed E-state index contributed by atoms with van der Waals surface area (Å²) in [5.41, 5.74) is 2.26. The molecule has 32 heavy (non-hydrogen) atoms. The largest absolute Gasteiger partial charge is 0.476 e. The first-order valence-corrected chi connectivity index (χ1v) is 11.4. The zero-order chi connectivity index (χ0) is 22.5. The number of aliphatic imine (C=N–C) groups is 1. The summed E-state index contributed by atoms with van der Waals surface area (Å²) < 4.78 is 20.4. The Hall–Kier alpha value is -2.93. The van der Waals surface area contributed by atoms with Crippen LogP contribution in [0, 0.1) is 5.82 Å². The van der Waals surface area contributed by atoms with Crippen LogP contribution in [0.1, 0.15) is 31.0 Å². The highest BCUT2D eigenvalue weighted by Gasteiger charge is 2.33. The predicted octanol–water partition coefficient (Wildman–Crippen LogP) is 3.33. The maximum atomic E-state index is 14.9. The van der Waals surface area contributed by atoms with E-state index in [2.05, 4.69) is 14.8 Å². The molecule has 0 radical (unpaired) electrons. The van der Waals surface area contributed by atoms with E-state index in [4.69, 9.17) is 4.74 Å². The summed E-state index contributed by atoms with van der Waals surface area (Å²) in [5.74, 6) is 0.372. The molecule has 1 saturated heterocycles. The monoisotopic (exact) mass is 438 g/mol. The standard InChI is InChI=1S/C25H31FN4O2/c1-3-28(4-2)25(31)23(19-8-6-5-7-9-19)30-15-13-29(14-16-30)22-11-10-20(18-21(22)26)24-27-12-17-32-24/h5-11,18,23H,3-4,12-17H2,1-2H3. The molecule has 1 atom stereocenters. The number of likely N-dealkylation sites (N-methyl/N-ethyl adjacent to an activating group) is 1. The number of amides is 1. The van der Waals surface area contributed by atoms with Crippen molar-refractivity contribution in [3.05, 3.63) is 65.5 Å². The van der Waals surface area contributed by atoms with E-state index in [9.17, 15) is 9.18 Å². The molecule has 0 saturated carbocycles. The zero-order valence-electron chi connectivity index (χ0n) is 18.8. The van der Waals surface area contributed by atoms with E-state index in [1.54, 1.807) is 6.07 Å². The third kappa shape index (κ3) is 4.63. The van der Waals surface area contributed by atoms with Gasteiger partial charge in [-0.2, -0.15) is 0 Å². The number of halogens is 1. The molecule has 1 unspecified atom stereocenters. The van der Waals surface area contributed by atoms with Gasteiger partial charge < -0.3 is 14.5 Å². The highest BCUT2D eigenvalue weighted by molar-refractivity contribution is 5.95. The van der Waals surface area contributed by atoms with E-state index < -0.39 is 0 Å². The van der Waals surface area contributed by atoms with E-state index in [1.807, 2.05) is 55.1 Å². The Morgan fingerprint density at radius 2 is 1.81 bits per heavy atom. The molecule has 170 valence electrons. The van der Waals surface area contributed by atoms with Crippen LogP contribution in [0.4, 0.5) is 10.1 Å². The number of carbonyl (C=O) groups excluding carboxylic acids is 1. The average Bonchev–Trinajstić information content (AvgIpc) is 3.36. The quantitative estimate of drug-likeness (QED) is 0.665. The third-order valence-electron chi connectivity index (χ3n) is 6.22. The molecule has 2 aromatic rings. The molecule has 0 N–H and O–H groups in total. The van der Waals surface area contributed by atoms with Gasteiger partial charge in [0.05, 0.1) is 12.2 Å². The number of hydrogen-bond acceptors (Lipinski definition) is 5. The fourth-order valence-electron chi connectivity index (χ4n) is 4.48. The van der Waals surface area contributed by atoms with Gasteiger partial charge in [0.25, 0.3) is 0 Å². The summed E-state index contributed by atoms with van der Waals surface area (Å²) in [6.45, 7) is 9.24. The highest BCUT2D eigenvalue weighted by Crippen LogP contribution is 2.28. The number of piperazine rings is 1. The van der Waals surface area contributed by atoms with E-state index in [1.165, 1.54) is 6.07 Å². The van der Waals surface area contributed by atoms with E-state index in [0.29, 0.717) is 69.6 Å². The lowest BCUT2D eigenvalue weighted by molar-refractivity contribution is -0.137. The smallest absolute Gasteiger partial charge is 0.244 e. The van der Waals surface area contributed by atoms with Crippen LogP contribution in [0.5, 0.6) is 0 Å². The molecule has 2 heterocycles. The maximum Gasteiger partial charge on any atom is 0.244 e. The molecular weight excluding hydrogens is 407 g/mol. The van der Waals surface area contributed by atoms with Gasteiger partial charge in [-0.3, -0.25) is 9.69 Å². The molecule has 1 fully saturated rings. The van der Waals surface area contributed by atoms with Gasteiger partial charge in [0.15, 0.2) is 0 Å². The van der Waals surface area contributed by atoms with Gasteiger partial charge in [-0.15, -0.1) is 0 Å². The van der Waals surface area contributed by atoms with Gasteiger partial charge in [-0.05, 0) is 37.6 Å². The minimum Gasteiger partial charge on any atom is -0.476 e. The predicted molar refractivity (Wildman–Crippen MR) is 125 cm³/mol. The normalized spacial score (nSPS) is 17.6. The van der Waals surface area contributed by atoms with Gasteiger partial charge in [-0.1, -0.05) is 30.3 Å². The molecule has 2 aliphatic heterocycles. The van der Waals surface area contributed by atoms with Gasteiger partial charge in [0, 0.05) is 44.8 Å². The van der Waals surface area contributed by atoms with Crippen LogP contribution >= 0.6 is 0 Å². The van der Waals surface area contributed by atoms with E-state index >= 15 is 0 Å². The molecule has 0 aliphatic carbocycles. The molecule has 6 nitrogen and oxygen atoms in total. The minimum absolute atomic E-state index is 0.127. The first kappa shape index (κ1) is 22.3. The van der Waals surface area contributed by atoms with Crippen LogP contribution < -0.4 is 4.90 Å². The fraction of sp³-hybridized carbons (Fsp3) is 0.440. The molecule has 7 heteroatoms. The second-order valence-electron chi connectivity index (χ2n) is 8.05. The van der Waals surface area contributed by atoms with Crippen molar-refractivity contribution in [2.75, 3.05) is 57.3 Å². The van der Waals surface area contributed by atoms with Gasteiger partial charge in [0.2, 0.25) is 11.8 Å². The molecule has 0 spiro atoms. The van der Waals surface area contributed by atoms with Crippen molar-refractivity contribution in [3.8, 4) is 0 Å². The van der Waals surface area contributed by atoms with Crippen molar-refractivity contribution >= 4 is 17.5 Å². The molecular formula is C25H31FN4O2. The zero-order valence-corrected chi connectivity index (χ0v) is 18.8. The molecule has 4 rings (SSSR count). The van der Waals surface area contributed by atoms with Crippen molar-refractivity contribution in [3.63, 3.8) is 0 Å². The first-order chi connectivity index (χ1) is 15.6. The Morgan fingerprint density at radius 3 is 2.41 bits per heavy atom. The Morgan fingerprint density at radius 1 is 1.09 bits per heavy atom. The van der Waals surface area contributed by atoms with Crippen LogP contribution in [-0.4, -0.2) is 74.0 Å². The fourth-order valence-corrected chi connectivity index (χ4v) is 4.48. The van der Waals surface area contributed by atoms with Crippen LogP contribution in [0.15, 0.2) is 53.5 Å². The molecule has 2 aromatic carbocycles. The van der Waals surface area contributed by atoms with E-state index in [-0.39, 0.29) is 17.8 Å². The second kappa shape index (κ2) is 10.1. The summed E-state index contributed by atoms with van der Waals surface area (Å²) in [6.07, 6.45) is 0. The van der Waals surface area contributed by atoms with Crippen LogP contribution in [0.3, 0.4) is 0 Å². The number of rotatable bonds is 7. The lowest BCUT2D eigenvalue weighted by Gasteiger charge is -2.41. The Bertz CT molecular complexity index is 954. The molecule has 2 aliphatic rings. The van der Waals surface area contributed by atoms with Gasteiger partial charge in [-0.25, -0.2) is 9.38 Å². The van der Waals surface area contributed by atoms with Gasteiger partial charge >= 0.3 is 0 Å². The topological polar surface area (TPSA) is 48.4 Å². The number of anilines is 1. The summed E-state index contributed by atoms with van der Waals surface area (Å²) in [4.78, 5) is 23.8. The molecule has 0 bridgehead atoms. The van der Waals surface area contributed by atoms with Gasteiger partial charge in [0.1, 0.15) is 18.5 Å². The summed E-state index contributed by atoms with van der Waals surface area (Å²) in [6, 6.07) is 14.8. The lowest BCUT2D eigenvalue weighted by atomic mass is 10.0. The number of ether oxygens (including phenoxy) is 1. The summed E-state index contributed by atoms with van der Waals surface area (Å²) in [7, 11) is 0. The van der Waals surface area contributed by atoms with Crippen molar-refractivity contribution in [2.45, 2.75) is 19.9 Å². The van der Waals surface area contributed by atoms with Crippen LogP contribution in [0.2, 0.25) is 0 Å². The maximum absolute atomic E-state index is 14.9. The van der Waals surface area contributed by atoms with Crippen molar-refractivity contribution < 1.29 is 13.9 Å². The van der Waals surface area contributed by atoms with Crippen LogP contribution in [-0.2, 0) is 9.53 Å². The van der Waals surface area contributed by atoms with Crippen LogP contribution in [0.25, 0.3) is 0 Å². The lowest BCUT2D eigenvalue weighted by Crippen LogP contribution is -2.52. The van der Waals surface area contributed by atoms with Crippen molar-refractivity contribution in [1.29, 1.82) is 0 Å². The Kier molecular flexibility index (Phi) is 7.05. The first-order valence-electron chi connectivity index (χ1n) is 11.4.